The summed E-state index contributed by atoms with van der Waals surface area (Å²) in [6.07, 6.45) is 4.57. The fraction of sp³-hybridized carbons (Fsp3) is 0.611. The lowest BCUT2D eigenvalue weighted by atomic mass is 10.0. The number of nitrogens with two attached hydrogens (primary N) is 1. The molecule has 0 bridgehead atoms. The van der Waals surface area contributed by atoms with E-state index < -0.39 is 10.0 Å². The van der Waals surface area contributed by atoms with Crippen LogP contribution < -0.4 is 5.14 Å². The first kappa shape index (κ1) is 18.4. The average molecular weight is 365 g/mol. The van der Waals surface area contributed by atoms with Crippen LogP contribution in [0.25, 0.3) is 0 Å². The van der Waals surface area contributed by atoms with Gasteiger partial charge in [-0.2, -0.15) is 0 Å². The number of fused-ring (bicyclic) bond motifs is 1. The van der Waals surface area contributed by atoms with E-state index in [1.165, 1.54) is 37.1 Å². The van der Waals surface area contributed by atoms with E-state index in [-0.39, 0.29) is 16.8 Å². The molecule has 1 aromatic carbocycles. The second-order valence-corrected chi connectivity index (χ2v) is 9.28. The molecule has 0 radical (unpaired) electrons. The van der Waals surface area contributed by atoms with Gasteiger partial charge in [0.15, 0.2) is 0 Å². The van der Waals surface area contributed by atoms with Crippen molar-refractivity contribution in [1.29, 1.82) is 0 Å². The molecule has 2 aliphatic carbocycles. The normalized spacial score (nSPS) is 29.0. The summed E-state index contributed by atoms with van der Waals surface area (Å²) >= 11 is 0. The number of sulfonamides is 1. The summed E-state index contributed by atoms with van der Waals surface area (Å²) in [6, 6.07) is 6.79. The molecule has 2 fully saturated rings. The van der Waals surface area contributed by atoms with E-state index in [9.17, 15) is 13.2 Å². The van der Waals surface area contributed by atoms with E-state index in [1.807, 2.05) is 11.9 Å². The maximum absolute atomic E-state index is 12.7. The highest BCUT2D eigenvalue weighted by atomic mass is 32.2. The molecule has 1 aromatic rings. The molecule has 2 aliphatic rings. The van der Waals surface area contributed by atoms with Gasteiger partial charge in [0.1, 0.15) is 0 Å². The number of carbonyl (C=O) groups excluding carboxylic acids is 1. The second kappa shape index (κ2) is 6.70. The Kier molecular flexibility index (Phi) is 4.92. The standard InChI is InChI=1S/C18H27N3O3S/c1-20(2)15-8-13-10-16(11-14(13)9-15)21(3)18(22)12-4-6-17(7-5-12)25(19,23)24/h4-7,13-16H,8-11H2,1-3H3,(H2,19,23,24)/t13-,14+,15?,16?. The molecule has 2 unspecified atom stereocenters. The van der Waals surface area contributed by atoms with Crippen molar-refractivity contribution in [3.05, 3.63) is 29.8 Å². The predicted octanol–water partition coefficient (Wildman–Crippen LogP) is 1.52. The largest absolute Gasteiger partial charge is 0.339 e. The van der Waals surface area contributed by atoms with Crippen LogP contribution >= 0.6 is 0 Å². The maximum atomic E-state index is 12.7. The molecule has 3 rings (SSSR count). The Balaban J connectivity index is 1.64. The van der Waals surface area contributed by atoms with E-state index in [4.69, 9.17) is 5.14 Å². The van der Waals surface area contributed by atoms with E-state index in [2.05, 4.69) is 19.0 Å². The Bertz CT molecular complexity index is 731. The van der Waals surface area contributed by atoms with Crippen LogP contribution in [-0.2, 0) is 10.0 Å². The summed E-state index contributed by atoms with van der Waals surface area (Å²) in [5.74, 6) is 1.35. The molecule has 1 amide bonds. The summed E-state index contributed by atoms with van der Waals surface area (Å²) in [4.78, 5) is 16.9. The van der Waals surface area contributed by atoms with Gasteiger partial charge in [0, 0.05) is 24.7 Å². The van der Waals surface area contributed by atoms with Gasteiger partial charge in [-0.15, -0.1) is 0 Å². The monoisotopic (exact) mass is 365 g/mol. The lowest BCUT2D eigenvalue weighted by Gasteiger charge is -2.27. The van der Waals surface area contributed by atoms with Gasteiger partial charge in [0.25, 0.3) is 5.91 Å². The molecule has 6 nitrogen and oxygen atoms in total. The summed E-state index contributed by atoms with van der Waals surface area (Å²) in [6.45, 7) is 0. The Morgan fingerprint density at radius 1 is 0.960 bits per heavy atom. The van der Waals surface area contributed by atoms with E-state index >= 15 is 0 Å². The fourth-order valence-electron chi connectivity index (χ4n) is 4.45. The van der Waals surface area contributed by atoms with Gasteiger partial charge in [0.05, 0.1) is 4.90 Å². The number of amides is 1. The minimum Gasteiger partial charge on any atom is -0.339 e. The second-order valence-electron chi connectivity index (χ2n) is 7.72. The Labute approximate surface area is 150 Å². The Hall–Kier alpha value is -1.44. The average Bonchev–Trinajstić information content (AvgIpc) is 3.11. The fourth-order valence-corrected chi connectivity index (χ4v) is 4.96. The first-order valence-electron chi connectivity index (χ1n) is 8.73. The highest BCUT2D eigenvalue weighted by Crippen LogP contribution is 2.46. The number of hydrogen-bond donors (Lipinski definition) is 1. The number of nitrogens with zero attached hydrogens (tertiary/aromatic N) is 2. The maximum Gasteiger partial charge on any atom is 0.253 e. The number of carbonyl (C=O) groups is 1. The predicted molar refractivity (Wildman–Crippen MR) is 96.6 cm³/mol. The molecule has 0 aliphatic heterocycles. The molecule has 138 valence electrons. The number of hydrogen-bond acceptors (Lipinski definition) is 4. The summed E-state index contributed by atoms with van der Waals surface area (Å²) in [5.41, 5.74) is 0.498. The molecule has 4 atom stereocenters. The molecule has 0 saturated heterocycles. The van der Waals surface area contributed by atoms with Gasteiger partial charge in [-0.3, -0.25) is 4.79 Å². The highest BCUT2D eigenvalue weighted by molar-refractivity contribution is 7.89. The van der Waals surface area contributed by atoms with Crippen LogP contribution in [0.3, 0.4) is 0 Å². The van der Waals surface area contributed by atoms with E-state index in [1.54, 1.807) is 0 Å². The highest BCUT2D eigenvalue weighted by Gasteiger charge is 2.44. The van der Waals surface area contributed by atoms with Crippen LogP contribution in [0, 0.1) is 11.8 Å². The molecule has 0 aromatic heterocycles. The van der Waals surface area contributed by atoms with Crippen molar-refractivity contribution in [2.75, 3.05) is 21.1 Å². The zero-order chi connectivity index (χ0) is 18.4. The zero-order valence-electron chi connectivity index (χ0n) is 15.1. The third kappa shape index (κ3) is 3.73. The van der Waals surface area contributed by atoms with Crippen molar-refractivity contribution < 1.29 is 13.2 Å². The van der Waals surface area contributed by atoms with Gasteiger partial charge < -0.3 is 9.80 Å². The van der Waals surface area contributed by atoms with Crippen LogP contribution in [0.1, 0.15) is 36.0 Å². The van der Waals surface area contributed by atoms with Crippen molar-refractivity contribution in [2.45, 2.75) is 42.7 Å². The SMILES string of the molecule is CN(C)C1C[C@@H]2CC(N(C)C(=O)c3ccc(S(N)(=O)=O)cc3)C[C@@H]2C1. The molecule has 7 heteroatoms. The number of benzene rings is 1. The lowest BCUT2D eigenvalue weighted by Crippen LogP contribution is -2.36. The van der Waals surface area contributed by atoms with E-state index in [0.29, 0.717) is 23.4 Å². The van der Waals surface area contributed by atoms with Crippen molar-refractivity contribution in [1.82, 2.24) is 9.80 Å². The first-order chi connectivity index (χ1) is 11.7. The smallest absolute Gasteiger partial charge is 0.253 e. The number of rotatable bonds is 4. The molecule has 25 heavy (non-hydrogen) atoms. The van der Waals surface area contributed by atoms with Gasteiger partial charge in [-0.05, 0) is 75.9 Å². The van der Waals surface area contributed by atoms with Crippen LogP contribution in [-0.4, -0.2) is 57.4 Å². The topological polar surface area (TPSA) is 83.7 Å². The molecular formula is C18H27N3O3S. The lowest BCUT2D eigenvalue weighted by molar-refractivity contribution is 0.0726. The van der Waals surface area contributed by atoms with Crippen molar-refractivity contribution >= 4 is 15.9 Å². The third-order valence-electron chi connectivity index (χ3n) is 5.99. The van der Waals surface area contributed by atoms with Crippen LogP contribution in [0.4, 0.5) is 0 Å². The number of primary sulfonamides is 1. The first-order valence-corrected chi connectivity index (χ1v) is 10.3. The summed E-state index contributed by atoms with van der Waals surface area (Å²) in [5, 5.41) is 5.10. The molecule has 0 heterocycles. The van der Waals surface area contributed by atoms with Crippen LogP contribution in [0.15, 0.2) is 29.2 Å². The Morgan fingerprint density at radius 2 is 1.44 bits per heavy atom. The van der Waals surface area contributed by atoms with Gasteiger partial charge in [0.2, 0.25) is 10.0 Å². The van der Waals surface area contributed by atoms with Crippen LogP contribution in [0.5, 0.6) is 0 Å². The van der Waals surface area contributed by atoms with E-state index in [0.717, 1.165) is 12.8 Å². The molecular weight excluding hydrogens is 338 g/mol. The molecule has 2 N–H and O–H groups in total. The quantitative estimate of drug-likeness (QED) is 0.877. The summed E-state index contributed by atoms with van der Waals surface area (Å²) < 4.78 is 22.6. The minimum absolute atomic E-state index is 0.0248. The zero-order valence-corrected chi connectivity index (χ0v) is 15.9. The van der Waals surface area contributed by atoms with Crippen LogP contribution in [0.2, 0.25) is 0 Å². The Morgan fingerprint density at radius 3 is 1.88 bits per heavy atom. The minimum atomic E-state index is -3.73. The van der Waals surface area contributed by atoms with Gasteiger partial charge in [-0.25, -0.2) is 13.6 Å². The van der Waals surface area contributed by atoms with Gasteiger partial charge in [-0.1, -0.05) is 0 Å². The molecule has 2 saturated carbocycles. The van der Waals surface area contributed by atoms with Crippen molar-refractivity contribution in [3.63, 3.8) is 0 Å². The molecule has 0 spiro atoms. The van der Waals surface area contributed by atoms with Gasteiger partial charge >= 0.3 is 0 Å². The third-order valence-corrected chi connectivity index (χ3v) is 6.92. The van der Waals surface area contributed by atoms with Crippen molar-refractivity contribution in [3.8, 4) is 0 Å². The van der Waals surface area contributed by atoms with Crippen molar-refractivity contribution in [2.24, 2.45) is 17.0 Å². The summed E-state index contributed by atoms with van der Waals surface area (Å²) in [7, 11) is 2.41.